The van der Waals surface area contributed by atoms with Gasteiger partial charge in [-0.1, -0.05) is 48.0 Å². The Balaban J connectivity index is 1.49. The lowest BCUT2D eigenvalue weighted by molar-refractivity contribution is -0.125. The maximum Gasteiger partial charge on any atom is 0.258 e. The van der Waals surface area contributed by atoms with Crippen molar-refractivity contribution in [2.75, 3.05) is 18.5 Å². The van der Waals surface area contributed by atoms with Gasteiger partial charge in [-0.05, 0) is 54.8 Å². The van der Waals surface area contributed by atoms with Crippen molar-refractivity contribution in [2.24, 2.45) is 0 Å². The minimum Gasteiger partial charge on any atom is -0.484 e. The Morgan fingerprint density at radius 2 is 1.54 bits per heavy atom. The van der Waals surface area contributed by atoms with E-state index in [1.54, 1.807) is 0 Å². The number of carbonyl (C=O) groups is 2. The molecule has 0 aromatic heterocycles. The highest BCUT2D eigenvalue weighted by atomic mass is 16.5. The largest absolute Gasteiger partial charge is 0.484 e. The molecule has 3 rings (SSSR count). The molecular formula is C23H24N2O3. The van der Waals surface area contributed by atoms with Crippen LogP contribution in [0.5, 0.6) is 5.75 Å². The molecule has 5 nitrogen and oxygen atoms in total. The van der Waals surface area contributed by atoms with Gasteiger partial charge in [-0.3, -0.25) is 9.59 Å². The topological polar surface area (TPSA) is 67.4 Å². The molecule has 5 heteroatoms. The zero-order chi connectivity index (χ0) is 20.1. The number of nitrogens with one attached hydrogen (secondary N) is 2. The van der Waals surface area contributed by atoms with Crippen molar-refractivity contribution >= 4 is 28.3 Å². The van der Waals surface area contributed by atoms with Crippen molar-refractivity contribution in [1.82, 2.24) is 5.32 Å². The Morgan fingerprint density at radius 3 is 2.25 bits per heavy atom. The highest BCUT2D eigenvalue weighted by Gasteiger charge is 2.10. The number of rotatable bonds is 6. The van der Waals surface area contributed by atoms with E-state index in [1.165, 1.54) is 0 Å². The van der Waals surface area contributed by atoms with Gasteiger partial charge in [-0.2, -0.15) is 0 Å². The molecule has 0 fully saturated rings. The average Bonchev–Trinajstić information content (AvgIpc) is 2.67. The van der Waals surface area contributed by atoms with Crippen LogP contribution in [0.25, 0.3) is 10.8 Å². The van der Waals surface area contributed by atoms with Gasteiger partial charge < -0.3 is 15.4 Å². The molecule has 28 heavy (non-hydrogen) atoms. The average molecular weight is 376 g/mol. The van der Waals surface area contributed by atoms with Crippen LogP contribution in [0.1, 0.15) is 16.7 Å². The van der Waals surface area contributed by atoms with Crippen molar-refractivity contribution in [1.29, 1.82) is 0 Å². The Hall–Kier alpha value is -3.34. The van der Waals surface area contributed by atoms with Crippen LogP contribution in [0, 0.1) is 20.8 Å². The third-order valence-corrected chi connectivity index (χ3v) is 4.48. The molecule has 2 amide bonds. The molecule has 0 aliphatic heterocycles. The smallest absolute Gasteiger partial charge is 0.258 e. The Kier molecular flexibility index (Phi) is 5.94. The van der Waals surface area contributed by atoms with Gasteiger partial charge in [-0.25, -0.2) is 0 Å². The number of benzene rings is 3. The summed E-state index contributed by atoms with van der Waals surface area (Å²) < 4.78 is 5.53. The highest BCUT2D eigenvalue weighted by molar-refractivity contribution is 5.96. The summed E-state index contributed by atoms with van der Waals surface area (Å²) in [6, 6.07) is 17.6. The first-order valence-corrected chi connectivity index (χ1v) is 9.18. The predicted molar refractivity (Wildman–Crippen MR) is 112 cm³/mol. The molecule has 0 aliphatic carbocycles. The lowest BCUT2D eigenvalue weighted by Crippen LogP contribution is -2.36. The monoisotopic (exact) mass is 376 g/mol. The summed E-state index contributed by atoms with van der Waals surface area (Å²) in [5.41, 5.74) is 3.93. The third-order valence-electron chi connectivity index (χ3n) is 4.48. The van der Waals surface area contributed by atoms with E-state index in [4.69, 9.17) is 4.74 Å². The van der Waals surface area contributed by atoms with E-state index < -0.39 is 0 Å². The van der Waals surface area contributed by atoms with E-state index >= 15 is 0 Å². The number of anilines is 1. The second-order valence-corrected chi connectivity index (χ2v) is 6.90. The number of fused-ring (bicyclic) bond motifs is 1. The van der Waals surface area contributed by atoms with Gasteiger partial charge in [0, 0.05) is 5.69 Å². The molecule has 0 saturated carbocycles. The zero-order valence-electron chi connectivity index (χ0n) is 16.3. The van der Waals surface area contributed by atoms with E-state index in [2.05, 4.69) is 10.6 Å². The second-order valence-electron chi connectivity index (χ2n) is 6.90. The molecule has 0 aliphatic rings. The quantitative estimate of drug-likeness (QED) is 0.686. The van der Waals surface area contributed by atoms with Crippen molar-refractivity contribution in [3.63, 3.8) is 0 Å². The summed E-state index contributed by atoms with van der Waals surface area (Å²) in [6.07, 6.45) is 0. The Morgan fingerprint density at radius 1 is 0.857 bits per heavy atom. The van der Waals surface area contributed by atoms with Crippen LogP contribution in [0.15, 0.2) is 54.6 Å². The van der Waals surface area contributed by atoms with Crippen molar-refractivity contribution < 1.29 is 14.3 Å². The fourth-order valence-electron chi connectivity index (χ4n) is 3.20. The van der Waals surface area contributed by atoms with Crippen LogP contribution in [-0.4, -0.2) is 25.0 Å². The molecule has 3 aromatic carbocycles. The Labute approximate surface area is 164 Å². The van der Waals surface area contributed by atoms with Gasteiger partial charge in [0.1, 0.15) is 5.75 Å². The lowest BCUT2D eigenvalue weighted by atomic mass is 10.1. The summed E-state index contributed by atoms with van der Waals surface area (Å²) in [4.78, 5) is 24.2. The molecule has 0 spiro atoms. The van der Waals surface area contributed by atoms with E-state index in [9.17, 15) is 9.59 Å². The number of hydrogen-bond donors (Lipinski definition) is 2. The molecule has 0 saturated heterocycles. The van der Waals surface area contributed by atoms with Crippen LogP contribution in [0.2, 0.25) is 0 Å². The molecule has 2 N–H and O–H groups in total. The molecule has 0 bridgehead atoms. The molecule has 0 heterocycles. The highest BCUT2D eigenvalue weighted by Crippen LogP contribution is 2.22. The first-order chi connectivity index (χ1) is 13.4. The summed E-state index contributed by atoms with van der Waals surface area (Å²) in [7, 11) is 0. The van der Waals surface area contributed by atoms with E-state index in [0.717, 1.165) is 33.2 Å². The summed E-state index contributed by atoms with van der Waals surface area (Å²) >= 11 is 0. The molecule has 3 aromatic rings. The van der Waals surface area contributed by atoms with Crippen molar-refractivity contribution in [3.8, 4) is 5.75 Å². The first kappa shape index (κ1) is 19.4. The van der Waals surface area contributed by atoms with Crippen LogP contribution in [0.4, 0.5) is 5.69 Å². The van der Waals surface area contributed by atoms with E-state index in [0.29, 0.717) is 5.75 Å². The SMILES string of the molecule is Cc1cc(C)c(NC(=O)CNC(=O)COc2ccc3ccccc3c2)c(C)c1. The number of hydrogen-bond acceptors (Lipinski definition) is 3. The molecule has 0 radical (unpaired) electrons. The molecular weight excluding hydrogens is 352 g/mol. The summed E-state index contributed by atoms with van der Waals surface area (Å²) in [5, 5.41) is 7.60. The minimum atomic E-state index is -0.347. The van der Waals surface area contributed by atoms with Crippen LogP contribution in [0.3, 0.4) is 0 Å². The van der Waals surface area contributed by atoms with Gasteiger partial charge in [0.25, 0.3) is 5.91 Å². The third kappa shape index (κ3) is 4.88. The predicted octanol–water partition coefficient (Wildman–Crippen LogP) is 3.90. The van der Waals surface area contributed by atoms with Crippen molar-refractivity contribution in [2.45, 2.75) is 20.8 Å². The number of aryl methyl sites for hydroxylation is 3. The summed E-state index contributed by atoms with van der Waals surface area (Å²) in [5.74, 6) is -0.000951. The second kappa shape index (κ2) is 8.57. The fraction of sp³-hybridized carbons (Fsp3) is 0.217. The normalized spacial score (nSPS) is 10.5. The maximum atomic E-state index is 12.2. The van der Waals surface area contributed by atoms with Gasteiger partial charge in [-0.15, -0.1) is 0 Å². The standard InChI is InChI=1S/C23H24N2O3/c1-15-10-16(2)23(17(3)11-15)25-21(26)13-24-22(27)14-28-20-9-8-18-6-4-5-7-19(18)12-20/h4-12H,13-14H2,1-3H3,(H,24,27)(H,25,26). The van der Waals surface area contributed by atoms with Crippen LogP contribution < -0.4 is 15.4 Å². The van der Waals surface area contributed by atoms with Crippen LogP contribution >= 0.6 is 0 Å². The van der Waals surface area contributed by atoms with Gasteiger partial charge >= 0.3 is 0 Å². The van der Waals surface area contributed by atoms with E-state index in [-0.39, 0.29) is 25.0 Å². The maximum absolute atomic E-state index is 12.2. The minimum absolute atomic E-state index is 0.104. The first-order valence-electron chi connectivity index (χ1n) is 9.18. The van der Waals surface area contributed by atoms with Gasteiger partial charge in [0.15, 0.2) is 6.61 Å². The van der Waals surface area contributed by atoms with Gasteiger partial charge in [0.2, 0.25) is 5.91 Å². The summed E-state index contributed by atoms with van der Waals surface area (Å²) in [6.45, 7) is 5.67. The number of carbonyl (C=O) groups excluding carboxylic acids is 2. The van der Waals surface area contributed by atoms with Crippen LogP contribution in [-0.2, 0) is 9.59 Å². The Bertz CT molecular complexity index is 1000. The number of amides is 2. The molecule has 144 valence electrons. The fourth-order valence-corrected chi connectivity index (χ4v) is 3.20. The lowest BCUT2D eigenvalue weighted by Gasteiger charge is -2.13. The molecule has 0 unspecified atom stereocenters. The zero-order valence-corrected chi connectivity index (χ0v) is 16.3. The van der Waals surface area contributed by atoms with Crippen molar-refractivity contribution in [3.05, 3.63) is 71.3 Å². The molecule has 0 atom stereocenters. The number of ether oxygens (including phenoxy) is 1. The van der Waals surface area contributed by atoms with E-state index in [1.807, 2.05) is 75.4 Å². The van der Waals surface area contributed by atoms with Gasteiger partial charge in [0.05, 0.1) is 6.54 Å².